The Balaban J connectivity index is 1.71. The Morgan fingerprint density at radius 3 is 2.00 bits per heavy atom. The van der Waals surface area contributed by atoms with E-state index in [0.717, 1.165) is 29.9 Å². The second-order valence-corrected chi connectivity index (χ2v) is 5.76. The Hall–Kier alpha value is -2.20. The maximum absolute atomic E-state index is 5.78. The van der Waals surface area contributed by atoms with Crippen LogP contribution in [0, 0.1) is 11.8 Å². The summed E-state index contributed by atoms with van der Waals surface area (Å²) in [6, 6.07) is 18.1. The molecule has 0 aliphatic carbocycles. The predicted molar refractivity (Wildman–Crippen MR) is 97.7 cm³/mol. The van der Waals surface area contributed by atoms with Crippen LogP contribution in [0.5, 0.6) is 5.75 Å². The number of hydrogen-bond acceptors (Lipinski definition) is 1. The summed E-state index contributed by atoms with van der Waals surface area (Å²) in [5.74, 6) is 7.28. The largest absolute Gasteiger partial charge is 0.494 e. The molecule has 23 heavy (non-hydrogen) atoms. The molecule has 0 saturated heterocycles. The van der Waals surface area contributed by atoms with Crippen LogP contribution in [0.1, 0.15) is 56.6 Å². The van der Waals surface area contributed by atoms with Crippen LogP contribution >= 0.6 is 0 Å². The third-order valence-corrected chi connectivity index (χ3v) is 3.75. The van der Waals surface area contributed by atoms with Gasteiger partial charge in [-0.1, -0.05) is 69.1 Å². The highest BCUT2D eigenvalue weighted by Crippen LogP contribution is 2.13. The highest BCUT2D eigenvalue weighted by molar-refractivity contribution is 5.44. The quantitative estimate of drug-likeness (QED) is 0.440. The van der Waals surface area contributed by atoms with Crippen molar-refractivity contribution in [1.29, 1.82) is 0 Å². The van der Waals surface area contributed by atoms with Gasteiger partial charge in [-0.05, 0) is 42.8 Å². The fraction of sp³-hybridized carbons (Fsp3) is 0.364. The van der Waals surface area contributed by atoms with Crippen molar-refractivity contribution < 1.29 is 4.74 Å². The van der Waals surface area contributed by atoms with Crippen LogP contribution in [0.4, 0.5) is 0 Å². The third kappa shape index (κ3) is 7.06. The van der Waals surface area contributed by atoms with Crippen molar-refractivity contribution >= 4 is 0 Å². The van der Waals surface area contributed by atoms with E-state index in [9.17, 15) is 0 Å². The van der Waals surface area contributed by atoms with E-state index in [-0.39, 0.29) is 0 Å². The van der Waals surface area contributed by atoms with E-state index < -0.39 is 0 Å². The van der Waals surface area contributed by atoms with Crippen LogP contribution < -0.4 is 4.74 Å². The molecule has 0 fully saturated rings. The topological polar surface area (TPSA) is 9.23 Å². The van der Waals surface area contributed by atoms with Gasteiger partial charge in [-0.2, -0.15) is 0 Å². The van der Waals surface area contributed by atoms with E-state index in [2.05, 4.69) is 18.8 Å². The van der Waals surface area contributed by atoms with Gasteiger partial charge in [0.15, 0.2) is 0 Å². The zero-order chi connectivity index (χ0) is 16.2. The summed E-state index contributed by atoms with van der Waals surface area (Å²) >= 11 is 0. The highest BCUT2D eigenvalue weighted by atomic mass is 16.5. The second kappa shape index (κ2) is 10.5. The molecule has 2 aromatic rings. The van der Waals surface area contributed by atoms with Gasteiger partial charge in [-0.15, -0.1) is 0 Å². The highest BCUT2D eigenvalue weighted by Gasteiger charge is 1.95. The molecule has 2 rings (SSSR count). The lowest BCUT2D eigenvalue weighted by Gasteiger charge is -2.06. The molecule has 0 aliphatic rings. The van der Waals surface area contributed by atoms with Gasteiger partial charge in [0.25, 0.3) is 0 Å². The van der Waals surface area contributed by atoms with E-state index >= 15 is 0 Å². The monoisotopic (exact) mass is 306 g/mol. The fourth-order valence-electron chi connectivity index (χ4n) is 2.37. The van der Waals surface area contributed by atoms with Crippen molar-refractivity contribution in [2.24, 2.45) is 0 Å². The molecule has 1 heteroatoms. The van der Waals surface area contributed by atoms with Crippen LogP contribution in [0.3, 0.4) is 0 Å². The molecule has 0 spiro atoms. The Labute approximate surface area is 140 Å². The molecule has 0 aliphatic heterocycles. The summed E-state index contributed by atoms with van der Waals surface area (Å²) in [5.41, 5.74) is 2.05. The average Bonchev–Trinajstić information content (AvgIpc) is 2.61. The molecule has 0 unspecified atom stereocenters. The Morgan fingerprint density at radius 1 is 0.696 bits per heavy atom. The smallest absolute Gasteiger partial charge is 0.119 e. The predicted octanol–water partition coefficient (Wildman–Crippen LogP) is 5.83. The first kappa shape index (κ1) is 17.2. The van der Waals surface area contributed by atoms with Gasteiger partial charge in [0.05, 0.1) is 6.61 Å². The molecule has 0 saturated carbocycles. The molecule has 2 aromatic carbocycles. The molecule has 0 N–H and O–H groups in total. The zero-order valence-electron chi connectivity index (χ0n) is 14.1. The van der Waals surface area contributed by atoms with Crippen LogP contribution in [-0.2, 0) is 0 Å². The van der Waals surface area contributed by atoms with E-state index in [1.165, 1.54) is 32.1 Å². The molecular weight excluding hydrogens is 280 g/mol. The van der Waals surface area contributed by atoms with Crippen LogP contribution in [0.2, 0.25) is 0 Å². The third-order valence-electron chi connectivity index (χ3n) is 3.75. The first-order valence-corrected chi connectivity index (χ1v) is 8.68. The summed E-state index contributed by atoms with van der Waals surface area (Å²) in [4.78, 5) is 0. The molecule has 0 heterocycles. The van der Waals surface area contributed by atoms with E-state index in [1.807, 2.05) is 54.6 Å². The van der Waals surface area contributed by atoms with Gasteiger partial charge in [-0.3, -0.25) is 0 Å². The Morgan fingerprint density at radius 2 is 1.30 bits per heavy atom. The van der Waals surface area contributed by atoms with Gasteiger partial charge >= 0.3 is 0 Å². The maximum atomic E-state index is 5.78. The normalized spacial score (nSPS) is 9.96. The average molecular weight is 306 g/mol. The Bertz CT molecular complexity index is 602. The number of benzene rings is 2. The second-order valence-electron chi connectivity index (χ2n) is 5.76. The summed E-state index contributed by atoms with van der Waals surface area (Å²) in [6.45, 7) is 3.05. The van der Waals surface area contributed by atoms with Crippen molar-refractivity contribution in [1.82, 2.24) is 0 Å². The van der Waals surface area contributed by atoms with Crippen molar-refractivity contribution in [3.8, 4) is 17.6 Å². The molecule has 0 aromatic heterocycles. The molecule has 0 radical (unpaired) electrons. The molecule has 0 amide bonds. The number of unbranched alkanes of at least 4 members (excludes halogenated alkanes) is 5. The SMILES string of the molecule is CCCCCCCCOc1ccc(C#Cc2ccccc2)cc1. The summed E-state index contributed by atoms with van der Waals surface area (Å²) in [6.07, 6.45) is 7.73. The van der Waals surface area contributed by atoms with Gasteiger partial charge in [0.1, 0.15) is 5.75 Å². The lowest BCUT2D eigenvalue weighted by molar-refractivity contribution is 0.304. The van der Waals surface area contributed by atoms with Gasteiger partial charge < -0.3 is 4.74 Å². The first-order chi connectivity index (χ1) is 11.4. The first-order valence-electron chi connectivity index (χ1n) is 8.68. The van der Waals surface area contributed by atoms with Crippen LogP contribution in [-0.4, -0.2) is 6.61 Å². The van der Waals surface area contributed by atoms with Crippen molar-refractivity contribution in [3.63, 3.8) is 0 Å². The summed E-state index contributed by atoms with van der Waals surface area (Å²) in [5, 5.41) is 0. The van der Waals surface area contributed by atoms with Gasteiger partial charge in [0, 0.05) is 11.1 Å². The molecule has 120 valence electrons. The minimum absolute atomic E-state index is 0.807. The fourth-order valence-corrected chi connectivity index (χ4v) is 2.37. The number of hydrogen-bond donors (Lipinski definition) is 0. The maximum Gasteiger partial charge on any atom is 0.119 e. The van der Waals surface area contributed by atoms with E-state index in [1.54, 1.807) is 0 Å². The van der Waals surface area contributed by atoms with Gasteiger partial charge in [0.2, 0.25) is 0 Å². The minimum atomic E-state index is 0.807. The lowest BCUT2D eigenvalue weighted by Crippen LogP contribution is -1.97. The molecular formula is C22H26O. The van der Waals surface area contributed by atoms with Crippen molar-refractivity contribution in [2.75, 3.05) is 6.61 Å². The zero-order valence-corrected chi connectivity index (χ0v) is 14.1. The molecule has 0 bridgehead atoms. The van der Waals surface area contributed by atoms with Crippen LogP contribution in [0.15, 0.2) is 54.6 Å². The summed E-state index contributed by atoms with van der Waals surface area (Å²) < 4.78 is 5.78. The van der Waals surface area contributed by atoms with E-state index in [0.29, 0.717) is 0 Å². The molecule has 0 atom stereocenters. The van der Waals surface area contributed by atoms with Crippen LogP contribution in [0.25, 0.3) is 0 Å². The molecule has 1 nitrogen and oxygen atoms in total. The van der Waals surface area contributed by atoms with E-state index in [4.69, 9.17) is 4.74 Å². The number of rotatable bonds is 8. The number of ether oxygens (including phenoxy) is 1. The summed E-state index contributed by atoms with van der Waals surface area (Å²) in [7, 11) is 0. The lowest BCUT2D eigenvalue weighted by atomic mass is 10.1. The van der Waals surface area contributed by atoms with Crippen molar-refractivity contribution in [2.45, 2.75) is 45.4 Å². The Kier molecular flexibility index (Phi) is 7.84. The van der Waals surface area contributed by atoms with Crippen molar-refractivity contribution in [3.05, 3.63) is 65.7 Å². The minimum Gasteiger partial charge on any atom is -0.494 e. The standard InChI is InChI=1S/C22H26O/c1-2-3-4-5-6-10-19-23-22-17-15-21(16-18-22)14-13-20-11-8-7-9-12-20/h7-9,11-12,15-18H,2-6,10,19H2,1H3. The van der Waals surface area contributed by atoms with Gasteiger partial charge in [-0.25, -0.2) is 0 Å².